The molecule has 0 saturated heterocycles. The monoisotopic (exact) mass is 260 g/mol. The van der Waals surface area contributed by atoms with Crippen LogP contribution in [0.1, 0.15) is 23.4 Å². The van der Waals surface area contributed by atoms with Gasteiger partial charge in [0.2, 0.25) is 0 Å². The molecule has 1 aromatic heterocycles. The highest BCUT2D eigenvalue weighted by Gasteiger charge is 2.30. The molecule has 1 aromatic carbocycles. The third-order valence-electron chi connectivity index (χ3n) is 3.25. The molecule has 0 aliphatic carbocycles. The van der Waals surface area contributed by atoms with Gasteiger partial charge >= 0.3 is 0 Å². The van der Waals surface area contributed by atoms with Crippen molar-refractivity contribution in [1.29, 1.82) is 0 Å². The van der Waals surface area contributed by atoms with Crippen LogP contribution in [0.4, 0.5) is 4.39 Å². The average Bonchev–Trinajstić information content (AvgIpc) is 2.99. The largest absolute Gasteiger partial charge is 0.301 e. The Balaban J connectivity index is 1.86. The van der Waals surface area contributed by atoms with E-state index in [0.29, 0.717) is 0 Å². The molecule has 4 heteroatoms. The van der Waals surface area contributed by atoms with E-state index in [-0.39, 0.29) is 17.8 Å². The van der Waals surface area contributed by atoms with Gasteiger partial charge in [-0.15, -0.1) is 11.3 Å². The molecule has 92 valence electrons. The van der Waals surface area contributed by atoms with Crippen LogP contribution >= 0.6 is 11.3 Å². The van der Waals surface area contributed by atoms with Gasteiger partial charge < -0.3 is 5.43 Å². The average molecular weight is 260 g/mol. The lowest BCUT2D eigenvalue weighted by Crippen LogP contribution is -2.18. The van der Waals surface area contributed by atoms with Gasteiger partial charge in [0.05, 0.1) is 11.8 Å². The highest BCUT2D eigenvalue weighted by atomic mass is 32.1. The van der Waals surface area contributed by atoms with Gasteiger partial charge in [-0.2, -0.15) is 5.10 Å². The van der Waals surface area contributed by atoms with Gasteiger partial charge in [-0.05, 0) is 29.1 Å². The Bertz CT molecular complexity index is 560. The highest BCUT2D eigenvalue weighted by Crippen LogP contribution is 2.32. The van der Waals surface area contributed by atoms with Crippen LogP contribution in [0.15, 0.2) is 46.9 Å². The third kappa shape index (κ3) is 1.93. The maximum absolute atomic E-state index is 12.9. The second-order valence-corrected chi connectivity index (χ2v) is 5.39. The van der Waals surface area contributed by atoms with Crippen LogP contribution in [0, 0.1) is 11.7 Å². The molecule has 0 amide bonds. The zero-order valence-corrected chi connectivity index (χ0v) is 10.7. The molecule has 0 bridgehead atoms. The van der Waals surface area contributed by atoms with Crippen LogP contribution < -0.4 is 5.43 Å². The highest BCUT2D eigenvalue weighted by molar-refractivity contribution is 7.10. The quantitative estimate of drug-likeness (QED) is 0.877. The van der Waals surface area contributed by atoms with Gasteiger partial charge in [0.1, 0.15) is 5.82 Å². The number of nitrogens with one attached hydrogen (secondary N) is 1. The van der Waals surface area contributed by atoms with Gasteiger partial charge in [-0.1, -0.05) is 25.1 Å². The Kier molecular flexibility index (Phi) is 2.88. The van der Waals surface area contributed by atoms with Crippen LogP contribution in [-0.4, -0.2) is 5.71 Å². The van der Waals surface area contributed by atoms with E-state index >= 15 is 0 Å². The summed E-state index contributed by atoms with van der Waals surface area (Å²) in [6.07, 6.45) is 0. The number of halogens is 1. The number of hydrogen-bond donors (Lipinski definition) is 1. The van der Waals surface area contributed by atoms with Crippen LogP contribution in [0.3, 0.4) is 0 Å². The van der Waals surface area contributed by atoms with E-state index in [2.05, 4.69) is 28.9 Å². The first-order valence-electron chi connectivity index (χ1n) is 5.88. The van der Waals surface area contributed by atoms with E-state index in [9.17, 15) is 4.39 Å². The van der Waals surface area contributed by atoms with E-state index in [4.69, 9.17) is 0 Å². The Morgan fingerprint density at radius 1 is 1.22 bits per heavy atom. The maximum Gasteiger partial charge on any atom is 0.123 e. The summed E-state index contributed by atoms with van der Waals surface area (Å²) in [5, 5.41) is 6.47. The Labute approximate surface area is 109 Å². The Hall–Kier alpha value is -1.68. The minimum Gasteiger partial charge on any atom is -0.301 e. The summed E-state index contributed by atoms with van der Waals surface area (Å²) in [5.41, 5.74) is 5.15. The molecule has 0 fully saturated rings. The molecule has 18 heavy (non-hydrogen) atoms. The van der Waals surface area contributed by atoms with Crippen molar-refractivity contribution in [3.63, 3.8) is 0 Å². The number of rotatable bonds is 2. The Morgan fingerprint density at radius 3 is 2.67 bits per heavy atom. The van der Waals surface area contributed by atoms with E-state index in [1.54, 1.807) is 23.5 Å². The summed E-state index contributed by atoms with van der Waals surface area (Å²) in [7, 11) is 0. The van der Waals surface area contributed by atoms with Gasteiger partial charge in [-0.3, -0.25) is 0 Å². The third-order valence-corrected chi connectivity index (χ3v) is 4.20. The molecule has 0 saturated carbocycles. The minimum absolute atomic E-state index is 0.215. The minimum atomic E-state index is -0.215. The number of benzene rings is 1. The van der Waals surface area contributed by atoms with Gasteiger partial charge in [-0.25, -0.2) is 4.39 Å². The van der Waals surface area contributed by atoms with E-state index in [0.717, 1.165) is 11.3 Å². The fourth-order valence-electron chi connectivity index (χ4n) is 2.24. The molecule has 2 atom stereocenters. The number of hydrogen-bond acceptors (Lipinski definition) is 3. The van der Waals surface area contributed by atoms with Gasteiger partial charge in [0.25, 0.3) is 0 Å². The van der Waals surface area contributed by atoms with Gasteiger partial charge in [0.15, 0.2) is 0 Å². The summed E-state index contributed by atoms with van der Waals surface area (Å²) in [4.78, 5) is 1.28. The summed E-state index contributed by atoms with van der Waals surface area (Å²) in [6, 6.07) is 10.9. The predicted molar refractivity (Wildman–Crippen MR) is 72.3 cm³/mol. The summed E-state index contributed by atoms with van der Waals surface area (Å²) in [5.74, 6) is 0.0712. The van der Waals surface area contributed by atoms with Crippen molar-refractivity contribution in [2.45, 2.75) is 13.0 Å². The molecule has 1 aliphatic heterocycles. The molecule has 2 nitrogen and oxygen atoms in total. The lowest BCUT2D eigenvalue weighted by Gasteiger charge is -2.14. The number of thiophene rings is 1. The molecular weight excluding hydrogens is 247 g/mol. The van der Waals surface area contributed by atoms with Crippen molar-refractivity contribution in [3.05, 3.63) is 58.0 Å². The number of nitrogens with zero attached hydrogens (tertiary/aromatic N) is 1. The number of hydrazone groups is 1. The molecule has 2 aromatic rings. The fourth-order valence-corrected chi connectivity index (χ4v) is 3.11. The fraction of sp³-hybridized carbons (Fsp3) is 0.214. The normalized spacial score (nSPS) is 22.7. The summed E-state index contributed by atoms with van der Waals surface area (Å²) < 4.78 is 12.9. The van der Waals surface area contributed by atoms with Crippen molar-refractivity contribution in [1.82, 2.24) is 5.43 Å². The second kappa shape index (κ2) is 4.53. The lowest BCUT2D eigenvalue weighted by atomic mass is 9.92. The van der Waals surface area contributed by atoms with Crippen molar-refractivity contribution in [2.75, 3.05) is 0 Å². The van der Waals surface area contributed by atoms with E-state index in [1.165, 1.54) is 17.0 Å². The molecule has 0 spiro atoms. The standard InChI is InChI=1S/C14H13FN2S/c1-9-13(10-4-6-11(15)7-5-10)16-17-14(9)12-3-2-8-18-12/h2-9,14,17H,1H3. The zero-order valence-electron chi connectivity index (χ0n) is 9.93. The molecule has 1 N–H and O–H groups in total. The van der Waals surface area contributed by atoms with Crippen molar-refractivity contribution >= 4 is 17.0 Å². The molecule has 0 radical (unpaired) electrons. The molecule has 1 aliphatic rings. The Morgan fingerprint density at radius 2 is 2.00 bits per heavy atom. The molecular formula is C14H13FN2S. The lowest BCUT2D eigenvalue weighted by molar-refractivity contribution is 0.534. The first-order chi connectivity index (χ1) is 8.75. The molecule has 2 heterocycles. The zero-order chi connectivity index (χ0) is 12.5. The second-order valence-electron chi connectivity index (χ2n) is 4.41. The van der Waals surface area contributed by atoms with Crippen molar-refractivity contribution in [2.24, 2.45) is 11.0 Å². The topological polar surface area (TPSA) is 24.4 Å². The predicted octanol–water partition coefficient (Wildman–Crippen LogP) is 3.57. The summed E-state index contributed by atoms with van der Waals surface area (Å²) in [6.45, 7) is 2.15. The van der Waals surface area contributed by atoms with Crippen LogP contribution in [-0.2, 0) is 0 Å². The SMILES string of the molecule is CC1C(c2ccc(F)cc2)=NNC1c1cccs1. The summed E-state index contributed by atoms with van der Waals surface area (Å²) >= 11 is 1.73. The molecule has 2 unspecified atom stereocenters. The van der Waals surface area contributed by atoms with Crippen molar-refractivity contribution < 1.29 is 4.39 Å². The van der Waals surface area contributed by atoms with Crippen LogP contribution in [0.2, 0.25) is 0 Å². The smallest absolute Gasteiger partial charge is 0.123 e. The van der Waals surface area contributed by atoms with E-state index in [1.807, 2.05) is 6.07 Å². The van der Waals surface area contributed by atoms with Crippen LogP contribution in [0.25, 0.3) is 0 Å². The van der Waals surface area contributed by atoms with E-state index < -0.39 is 0 Å². The first kappa shape index (κ1) is 11.4. The molecule has 3 rings (SSSR count). The first-order valence-corrected chi connectivity index (χ1v) is 6.76. The van der Waals surface area contributed by atoms with Gasteiger partial charge in [0, 0.05) is 10.8 Å². The maximum atomic E-state index is 12.9. The van der Waals surface area contributed by atoms with Crippen molar-refractivity contribution in [3.8, 4) is 0 Å². The van der Waals surface area contributed by atoms with Crippen LogP contribution in [0.5, 0.6) is 0 Å².